The van der Waals surface area contributed by atoms with Gasteiger partial charge in [-0.2, -0.15) is 0 Å². The van der Waals surface area contributed by atoms with E-state index in [1.165, 1.54) is 22.3 Å². The maximum Gasteiger partial charge on any atom is 0.236 e. The van der Waals surface area contributed by atoms with Gasteiger partial charge in [0.2, 0.25) is 5.91 Å². The first-order valence-electron chi connectivity index (χ1n) is 9.65. The fraction of sp³-hybridized carbons (Fsp3) is 0.273. The summed E-state index contributed by atoms with van der Waals surface area (Å²) in [6.07, 6.45) is 3.11. The van der Waals surface area contributed by atoms with Crippen molar-refractivity contribution in [3.63, 3.8) is 0 Å². The number of thiocarbonyl (C=S) groups is 1. The Morgan fingerprint density at radius 2 is 2.07 bits per heavy atom. The van der Waals surface area contributed by atoms with Crippen molar-refractivity contribution in [2.24, 2.45) is 0 Å². The van der Waals surface area contributed by atoms with Gasteiger partial charge in [-0.05, 0) is 48.0 Å². The van der Waals surface area contributed by atoms with Gasteiger partial charge in [-0.3, -0.25) is 4.79 Å². The minimum atomic E-state index is -0.657. The standard InChI is InChI=1S/C22H22FN3O2S/c23-17-6-7-19(20-16(14-29)22(27)25-21(17)20)28-13-10-24-9-3-11-26-12-8-15-4-1-2-5-18(15)26/h1-2,4-8,12,14,16,24H,3,9-11,13H2,(H,25,27). The number of nitrogens with one attached hydrogen (secondary N) is 2. The first-order valence-corrected chi connectivity index (χ1v) is 10.1. The molecule has 1 aliphatic heterocycles. The zero-order valence-electron chi connectivity index (χ0n) is 15.9. The summed E-state index contributed by atoms with van der Waals surface area (Å²) >= 11 is 4.94. The number of para-hydroxylation sites is 1. The zero-order valence-corrected chi connectivity index (χ0v) is 16.7. The molecule has 0 saturated carbocycles. The SMILES string of the molecule is O=C1Nc2c(F)ccc(OCCNCCCn3ccc4ccccc43)c2C1C=S. The molecule has 0 aliphatic carbocycles. The van der Waals surface area contributed by atoms with Gasteiger partial charge in [-0.15, -0.1) is 0 Å². The third-order valence-corrected chi connectivity index (χ3v) is 5.37. The van der Waals surface area contributed by atoms with E-state index in [4.69, 9.17) is 17.0 Å². The topological polar surface area (TPSA) is 55.3 Å². The highest BCUT2D eigenvalue weighted by molar-refractivity contribution is 7.79. The van der Waals surface area contributed by atoms with Gasteiger partial charge in [0.25, 0.3) is 0 Å². The molecule has 2 N–H and O–H groups in total. The number of ether oxygens (including phenoxy) is 1. The lowest BCUT2D eigenvalue weighted by Gasteiger charge is -2.13. The number of hydrogen-bond acceptors (Lipinski definition) is 4. The van der Waals surface area contributed by atoms with E-state index in [9.17, 15) is 9.18 Å². The lowest BCUT2D eigenvalue weighted by molar-refractivity contribution is -0.115. The summed E-state index contributed by atoms with van der Waals surface area (Å²) in [6, 6.07) is 13.3. The number of amides is 1. The van der Waals surface area contributed by atoms with E-state index in [-0.39, 0.29) is 11.6 Å². The van der Waals surface area contributed by atoms with Crippen LogP contribution in [-0.2, 0) is 11.3 Å². The van der Waals surface area contributed by atoms with Crippen LogP contribution in [0, 0.1) is 5.82 Å². The van der Waals surface area contributed by atoms with Crippen molar-refractivity contribution in [3.8, 4) is 5.75 Å². The number of carbonyl (C=O) groups excluding carboxylic acids is 1. The van der Waals surface area contributed by atoms with E-state index in [0.29, 0.717) is 24.5 Å². The van der Waals surface area contributed by atoms with Crippen molar-refractivity contribution in [2.45, 2.75) is 18.9 Å². The number of fused-ring (bicyclic) bond motifs is 2. The molecular formula is C22H22FN3O2S. The monoisotopic (exact) mass is 411 g/mol. The molecule has 0 saturated heterocycles. The van der Waals surface area contributed by atoms with Crippen molar-refractivity contribution in [1.82, 2.24) is 9.88 Å². The van der Waals surface area contributed by atoms with Gasteiger partial charge in [-0.25, -0.2) is 4.39 Å². The molecule has 0 radical (unpaired) electrons. The fourth-order valence-corrected chi connectivity index (χ4v) is 3.93. The molecule has 2 aromatic carbocycles. The molecule has 1 aliphatic rings. The van der Waals surface area contributed by atoms with Crippen LogP contribution in [0.4, 0.5) is 10.1 Å². The summed E-state index contributed by atoms with van der Waals surface area (Å²) in [4.78, 5) is 11.9. The second-order valence-corrected chi connectivity index (χ2v) is 7.23. The summed E-state index contributed by atoms with van der Waals surface area (Å²) in [5.41, 5.74) is 1.91. The van der Waals surface area contributed by atoms with Gasteiger partial charge < -0.3 is 19.9 Å². The van der Waals surface area contributed by atoms with Crippen LogP contribution in [-0.4, -0.2) is 35.5 Å². The number of carbonyl (C=O) groups is 1. The van der Waals surface area contributed by atoms with Crippen molar-refractivity contribution in [2.75, 3.05) is 25.0 Å². The van der Waals surface area contributed by atoms with Gasteiger partial charge >= 0.3 is 0 Å². The van der Waals surface area contributed by atoms with Gasteiger partial charge in [0.05, 0.1) is 11.6 Å². The molecule has 1 atom stereocenters. The molecule has 0 spiro atoms. The number of aromatic nitrogens is 1. The molecule has 2 heterocycles. The van der Waals surface area contributed by atoms with Crippen LogP contribution in [0.1, 0.15) is 17.9 Å². The molecule has 0 fully saturated rings. The third kappa shape index (κ3) is 4.02. The minimum absolute atomic E-state index is 0.172. The number of benzene rings is 2. The van der Waals surface area contributed by atoms with E-state index >= 15 is 0 Å². The van der Waals surface area contributed by atoms with Crippen LogP contribution in [0.25, 0.3) is 10.9 Å². The second kappa shape index (κ2) is 8.71. The first kappa shape index (κ1) is 19.5. The summed E-state index contributed by atoms with van der Waals surface area (Å²) in [6.45, 7) is 2.88. The average molecular weight is 412 g/mol. The Kier molecular flexibility index (Phi) is 5.87. The quantitative estimate of drug-likeness (QED) is 0.415. The predicted molar refractivity (Wildman–Crippen MR) is 116 cm³/mol. The Morgan fingerprint density at radius 3 is 2.93 bits per heavy atom. The Hall–Kier alpha value is -2.77. The number of nitrogens with zero attached hydrogens (tertiary/aromatic N) is 1. The minimum Gasteiger partial charge on any atom is -0.492 e. The Balaban J connectivity index is 1.24. The van der Waals surface area contributed by atoms with Gasteiger partial charge in [0.15, 0.2) is 0 Å². The van der Waals surface area contributed by atoms with Crippen LogP contribution < -0.4 is 15.4 Å². The molecule has 1 amide bonds. The maximum absolute atomic E-state index is 14.0. The number of anilines is 1. The first-order chi connectivity index (χ1) is 14.2. The Bertz CT molecular complexity index is 1050. The van der Waals surface area contributed by atoms with Gasteiger partial charge in [0.1, 0.15) is 18.2 Å². The predicted octanol–water partition coefficient (Wildman–Crippen LogP) is 3.87. The molecule has 3 aromatic rings. The van der Waals surface area contributed by atoms with E-state index in [0.717, 1.165) is 19.5 Å². The fourth-order valence-electron chi connectivity index (χ4n) is 3.67. The van der Waals surface area contributed by atoms with Crippen LogP contribution in [0.15, 0.2) is 48.7 Å². The smallest absolute Gasteiger partial charge is 0.236 e. The third-order valence-electron chi connectivity index (χ3n) is 5.10. The molecular weight excluding hydrogens is 389 g/mol. The van der Waals surface area contributed by atoms with Crippen LogP contribution in [0.3, 0.4) is 0 Å². The lowest BCUT2D eigenvalue weighted by atomic mass is 10.0. The highest BCUT2D eigenvalue weighted by Crippen LogP contribution is 2.40. The maximum atomic E-state index is 14.0. The van der Waals surface area contributed by atoms with Crippen molar-refractivity contribution >= 4 is 40.1 Å². The molecule has 150 valence electrons. The highest BCUT2D eigenvalue weighted by Gasteiger charge is 2.34. The molecule has 4 rings (SSSR count). The Morgan fingerprint density at radius 1 is 1.21 bits per heavy atom. The van der Waals surface area contributed by atoms with E-state index < -0.39 is 11.7 Å². The van der Waals surface area contributed by atoms with Crippen molar-refractivity contribution in [1.29, 1.82) is 0 Å². The summed E-state index contributed by atoms with van der Waals surface area (Å²) < 4.78 is 22.0. The number of hydrogen-bond donors (Lipinski definition) is 2. The highest BCUT2D eigenvalue weighted by atomic mass is 32.1. The van der Waals surface area contributed by atoms with E-state index in [1.807, 2.05) is 6.07 Å². The molecule has 1 aromatic heterocycles. The van der Waals surface area contributed by atoms with Gasteiger partial charge in [0, 0.05) is 30.4 Å². The molecule has 7 heteroatoms. The van der Waals surface area contributed by atoms with E-state index in [2.05, 4.69) is 45.7 Å². The molecule has 5 nitrogen and oxygen atoms in total. The van der Waals surface area contributed by atoms with E-state index in [1.54, 1.807) is 6.07 Å². The average Bonchev–Trinajstić information content (AvgIpc) is 3.30. The largest absolute Gasteiger partial charge is 0.492 e. The lowest BCUT2D eigenvalue weighted by Crippen LogP contribution is -2.23. The van der Waals surface area contributed by atoms with Crippen molar-refractivity contribution < 1.29 is 13.9 Å². The summed E-state index contributed by atoms with van der Waals surface area (Å²) in [5, 5.41) is 8.49. The normalized spacial score (nSPS) is 15.3. The Labute approximate surface area is 173 Å². The number of halogens is 1. The summed E-state index contributed by atoms with van der Waals surface area (Å²) in [7, 11) is 0. The molecule has 1 unspecified atom stereocenters. The summed E-state index contributed by atoms with van der Waals surface area (Å²) in [5.74, 6) is -0.960. The zero-order chi connectivity index (χ0) is 20.2. The van der Waals surface area contributed by atoms with Crippen LogP contribution >= 0.6 is 12.2 Å². The van der Waals surface area contributed by atoms with Gasteiger partial charge in [-0.1, -0.05) is 30.4 Å². The molecule has 0 bridgehead atoms. The van der Waals surface area contributed by atoms with Crippen LogP contribution in [0.5, 0.6) is 5.75 Å². The molecule has 29 heavy (non-hydrogen) atoms. The van der Waals surface area contributed by atoms with Crippen LogP contribution in [0.2, 0.25) is 0 Å². The van der Waals surface area contributed by atoms with Crippen molar-refractivity contribution in [3.05, 3.63) is 60.0 Å². The number of rotatable bonds is 9. The number of aryl methyl sites for hydroxylation is 1. The second-order valence-electron chi connectivity index (χ2n) is 6.96.